The van der Waals surface area contributed by atoms with E-state index in [9.17, 15) is 19.2 Å². The summed E-state index contributed by atoms with van der Waals surface area (Å²) in [4.78, 5) is 49.2. The van der Waals surface area contributed by atoms with Gasteiger partial charge in [0, 0.05) is 17.5 Å². The van der Waals surface area contributed by atoms with Crippen molar-refractivity contribution in [2.45, 2.75) is 38.1 Å². The van der Waals surface area contributed by atoms with E-state index in [0.29, 0.717) is 10.5 Å². The molecule has 1 N–H and O–H groups in total. The van der Waals surface area contributed by atoms with Crippen LogP contribution in [0.15, 0.2) is 29.2 Å². The molecule has 2 amide bonds. The summed E-state index contributed by atoms with van der Waals surface area (Å²) in [5, 5.41) is 2.76. The van der Waals surface area contributed by atoms with Crippen molar-refractivity contribution in [1.82, 2.24) is 10.2 Å². The number of ether oxygens (including phenoxy) is 1. The SMILES string of the molecule is CC(=O)CSc1ccccc1C(=O)OCC(=O)N(C)CC(=O)NC(C)(C)C. The lowest BCUT2D eigenvalue weighted by Gasteiger charge is -2.23. The van der Waals surface area contributed by atoms with E-state index in [1.54, 1.807) is 24.3 Å². The molecule has 0 saturated carbocycles. The van der Waals surface area contributed by atoms with Gasteiger partial charge in [0.25, 0.3) is 5.91 Å². The molecule has 1 rings (SSSR count). The predicted molar refractivity (Wildman–Crippen MR) is 104 cm³/mol. The molecule has 148 valence electrons. The van der Waals surface area contributed by atoms with Gasteiger partial charge in [0.05, 0.1) is 17.9 Å². The molecule has 0 fully saturated rings. The maximum atomic E-state index is 12.3. The third-order valence-electron chi connectivity index (χ3n) is 3.19. The lowest BCUT2D eigenvalue weighted by atomic mass is 10.1. The van der Waals surface area contributed by atoms with Crippen LogP contribution in [0.2, 0.25) is 0 Å². The second-order valence-corrected chi connectivity index (χ2v) is 8.13. The van der Waals surface area contributed by atoms with Gasteiger partial charge in [-0.05, 0) is 39.8 Å². The summed E-state index contributed by atoms with van der Waals surface area (Å²) < 4.78 is 5.08. The molecule has 0 atom stereocenters. The van der Waals surface area contributed by atoms with Gasteiger partial charge in [0.15, 0.2) is 6.61 Å². The molecule has 0 saturated heterocycles. The van der Waals surface area contributed by atoms with Crippen molar-refractivity contribution < 1.29 is 23.9 Å². The number of Topliss-reactive ketones (excluding diaryl/α,β-unsaturated/α-hetero) is 1. The maximum Gasteiger partial charge on any atom is 0.339 e. The summed E-state index contributed by atoms with van der Waals surface area (Å²) >= 11 is 1.24. The standard InChI is InChI=1S/C19H26N2O5S/c1-13(22)12-27-15-9-7-6-8-14(15)18(25)26-11-17(24)21(5)10-16(23)20-19(2,3)4/h6-9H,10-12H2,1-5H3,(H,20,23). The summed E-state index contributed by atoms with van der Waals surface area (Å²) in [5.41, 5.74) is -0.0982. The summed E-state index contributed by atoms with van der Waals surface area (Å²) in [6.07, 6.45) is 0. The van der Waals surface area contributed by atoms with Crippen LogP contribution in [0.3, 0.4) is 0 Å². The molecule has 0 bridgehead atoms. The zero-order valence-electron chi connectivity index (χ0n) is 16.3. The number of hydrogen-bond donors (Lipinski definition) is 1. The Morgan fingerprint density at radius 1 is 1.15 bits per heavy atom. The minimum Gasteiger partial charge on any atom is -0.452 e. The third kappa shape index (κ3) is 8.72. The topological polar surface area (TPSA) is 92.8 Å². The van der Waals surface area contributed by atoms with E-state index in [1.807, 2.05) is 20.8 Å². The van der Waals surface area contributed by atoms with Crippen LogP contribution in [0.1, 0.15) is 38.1 Å². The van der Waals surface area contributed by atoms with Crippen LogP contribution in [0, 0.1) is 0 Å². The van der Waals surface area contributed by atoms with Crippen LogP contribution >= 0.6 is 11.8 Å². The minimum atomic E-state index is -0.650. The number of benzene rings is 1. The van der Waals surface area contributed by atoms with Crippen molar-refractivity contribution in [3.05, 3.63) is 29.8 Å². The van der Waals surface area contributed by atoms with E-state index in [2.05, 4.69) is 5.32 Å². The quantitative estimate of drug-likeness (QED) is 0.535. The maximum absolute atomic E-state index is 12.3. The van der Waals surface area contributed by atoms with Crippen LogP contribution in [0.5, 0.6) is 0 Å². The number of thioether (sulfide) groups is 1. The van der Waals surface area contributed by atoms with Crippen LogP contribution < -0.4 is 5.32 Å². The Labute approximate surface area is 163 Å². The first-order valence-corrected chi connectivity index (χ1v) is 9.41. The molecular formula is C19H26N2O5S. The largest absolute Gasteiger partial charge is 0.452 e. The van der Waals surface area contributed by atoms with Gasteiger partial charge in [-0.1, -0.05) is 12.1 Å². The predicted octanol–water partition coefficient (Wildman–Crippen LogP) is 1.90. The van der Waals surface area contributed by atoms with Crippen molar-refractivity contribution in [3.63, 3.8) is 0 Å². The van der Waals surface area contributed by atoms with Crippen LogP contribution in [-0.2, 0) is 19.1 Å². The second kappa shape index (κ2) is 10.1. The van der Waals surface area contributed by atoms with Crippen molar-refractivity contribution >= 4 is 35.3 Å². The van der Waals surface area contributed by atoms with Gasteiger partial charge in [0.2, 0.25) is 5.91 Å². The molecule has 0 heterocycles. The zero-order chi connectivity index (χ0) is 20.6. The first kappa shape index (κ1) is 22.7. The zero-order valence-corrected chi connectivity index (χ0v) is 17.1. The number of rotatable bonds is 8. The summed E-state index contributed by atoms with van der Waals surface area (Å²) in [6, 6.07) is 6.73. The lowest BCUT2D eigenvalue weighted by Crippen LogP contribution is -2.46. The Morgan fingerprint density at radius 3 is 2.37 bits per heavy atom. The van der Waals surface area contributed by atoms with Crippen molar-refractivity contribution in [1.29, 1.82) is 0 Å². The van der Waals surface area contributed by atoms with Gasteiger partial charge < -0.3 is 15.0 Å². The highest BCUT2D eigenvalue weighted by Crippen LogP contribution is 2.23. The van der Waals surface area contributed by atoms with Crippen LogP contribution in [-0.4, -0.2) is 60.0 Å². The van der Waals surface area contributed by atoms with Gasteiger partial charge >= 0.3 is 5.97 Å². The number of amides is 2. The lowest BCUT2D eigenvalue weighted by molar-refractivity contribution is -0.137. The highest BCUT2D eigenvalue weighted by Gasteiger charge is 2.20. The summed E-state index contributed by atoms with van der Waals surface area (Å²) in [5.74, 6) is -1.19. The molecule has 0 aliphatic heterocycles. The van der Waals surface area contributed by atoms with Crippen molar-refractivity contribution in [3.8, 4) is 0 Å². The third-order valence-corrected chi connectivity index (χ3v) is 4.40. The van der Waals surface area contributed by atoms with Gasteiger partial charge in [0.1, 0.15) is 5.78 Å². The molecule has 7 nitrogen and oxygen atoms in total. The molecule has 0 radical (unpaired) electrons. The molecule has 0 aromatic heterocycles. The Morgan fingerprint density at radius 2 is 1.78 bits per heavy atom. The number of nitrogens with one attached hydrogen (secondary N) is 1. The summed E-state index contributed by atoms with van der Waals surface area (Å²) in [7, 11) is 1.47. The van der Waals surface area contributed by atoms with Crippen LogP contribution in [0.4, 0.5) is 0 Å². The molecule has 0 aliphatic rings. The van der Waals surface area contributed by atoms with E-state index in [4.69, 9.17) is 4.74 Å². The number of nitrogens with zero attached hydrogens (tertiary/aromatic N) is 1. The molecule has 8 heteroatoms. The van der Waals surface area contributed by atoms with Gasteiger partial charge in [-0.3, -0.25) is 14.4 Å². The fraction of sp³-hybridized carbons (Fsp3) is 0.474. The molecular weight excluding hydrogens is 368 g/mol. The van der Waals surface area contributed by atoms with E-state index in [1.165, 1.54) is 30.6 Å². The first-order chi connectivity index (χ1) is 12.5. The Bertz CT molecular complexity index is 712. The molecule has 0 aliphatic carbocycles. The Hall–Kier alpha value is -2.35. The number of likely N-dealkylation sites (N-methyl/N-ethyl adjacent to an activating group) is 1. The Kier molecular flexibility index (Phi) is 8.49. The fourth-order valence-electron chi connectivity index (χ4n) is 2.02. The smallest absolute Gasteiger partial charge is 0.339 e. The van der Waals surface area contributed by atoms with Crippen molar-refractivity contribution in [2.75, 3.05) is 26.0 Å². The fourth-order valence-corrected chi connectivity index (χ4v) is 2.86. The minimum absolute atomic E-state index is 0.00601. The van der Waals surface area contributed by atoms with Gasteiger partial charge in [-0.25, -0.2) is 4.79 Å². The molecule has 1 aromatic rings. The average molecular weight is 394 g/mol. The van der Waals surface area contributed by atoms with E-state index in [0.717, 1.165) is 0 Å². The van der Waals surface area contributed by atoms with E-state index >= 15 is 0 Å². The number of hydrogen-bond acceptors (Lipinski definition) is 6. The molecule has 0 spiro atoms. The number of esters is 1. The van der Waals surface area contributed by atoms with Crippen LogP contribution in [0.25, 0.3) is 0 Å². The van der Waals surface area contributed by atoms with Gasteiger partial charge in [-0.2, -0.15) is 0 Å². The van der Waals surface area contributed by atoms with Gasteiger partial charge in [-0.15, -0.1) is 11.8 Å². The number of carbonyl (C=O) groups is 4. The monoisotopic (exact) mass is 394 g/mol. The normalized spacial score (nSPS) is 10.9. The summed E-state index contributed by atoms with van der Waals surface area (Å²) in [6.45, 7) is 6.41. The van der Waals surface area contributed by atoms with E-state index < -0.39 is 24.0 Å². The number of ketones is 1. The molecule has 27 heavy (non-hydrogen) atoms. The molecule has 0 unspecified atom stereocenters. The van der Waals surface area contributed by atoms with Crippen molar-refractivity contribution in [2.24, 2.45) is 0 Å². The Balaban J connectivity index is 2.60. The highest BCUT2D eigenvalue weighted by atomic mass is 32.2. The highest BCUT2D eigenvalue weighted by molar-refractivity contribution is 8.00. The second-order valence-electron chi connectivity index (χ2n) is 7.11. The number of carbonyl (C=O) groups excluding carboxylic acids is 4. The average Bonchev–Trinajstić information content (AvgIpc) is 2.55. The molecule has 1 aromatic carbocycles. The van der Waals surface area contributed by atoms with E-state index in [-0.39, 0.29) is 24.0 Å². The first-order valence-electron chi connectivity index (χ1n) is 8.43.